The minimum Gasteiger partial charge on any atom is -0.323 e. The van der Waals surface area contributed by atoms with Crippen LogP contribution in [0.5, 0.6) is 0 Å². The first-order valence-electron chi connectivity index (χ1n) is 12.0. The number of para-hydroxylation sites is 1. The first kappa shape index (κ1) is 20.7. The molecule has 5 aromatic rings. The van der Waals surface area contributed by atoms with Crippen molar-refractivity contribution in [1.29, 1.82) is 0 Å². The number of carbonyl (C=O) groups excluding carboxylic acids is 2. The minimum atomic E-state index is -1.30. The molecule has 1 atom stereocenters. The van der Waals surface area contributed by atoms with Crippen molar-refractivity contribution in [1.82, 2.24) is 0 Å². The Bertz CT molecular complexity index is 1620. The van der Waals surface area contributed by atoms with Crippen LogP contribution in [0.25, 0.3) is 10.8 Å². The summed E-state index contributed by atoms with van der Waals surface area (Å²) < 4.78 is 0. The number of nitrogens with one attached hydrogen (secondary N) is 1. The molecule has 0 radical (unpaired) electrons. The van der Waals surface area contributed by atoms with Gasteiger partial charge in [-0.25, -0.2) is 0 Å². The summed E-state index contributed by atoms with van der Waals surface area (Å²) in [6.07, 6.45) is 0. The number of β-lactam (4-membered cyclic amide) rings is 1. The van der Waals surface area contributed by atoms with Gasteiger partial charge in [-0.3, -0.25) is 14.5 Å². The number of hydrogen-bond donors (Lipinski definition) is 1. The van der Waals surface area contributed by atoms with Crippen LogP contribution < -0.4 is 10.2 Å². The van der Waals surface area contributed by atoms with Crippen molar-refractivity contribution in [3.63, 3.8) is 0 Å². The van der Waals surface area contributed by atoms with E-state index < -0.39 is 11.0 Å². The highest BCUT2D eigenvalue weighted by Gasteiger charge is 2.79. The van der Waals surface area contributed by atoms with E-state index in [0.29, 0.717) is 0 Å². The molecule has 0 aliphatic carbocycles. The molecule has 1 saturated heterocycles. The van der Waals surface area contributed by atoms with E-state index in [1.54, 1.807) is 4.90 Å². The summed E-state index contributed by atoms with van der Waals surface area (Å²) in [7, 11) is 0. The molecule has 2 amide bonds. The molecule has 7 rings (SSSR count). The zero-order valence-electron chi connectivity index (χ0n) is 19.4. The van der Waals surface area contributed by atoms with Crippen molar-refractivity contribution in [2.75, 3.05) is 10.2 Å². The second kappa shape index (κ2) is 7.40. The maximum Gasteiger partial charge on any atom is 0.257 e. The zero-order chi connectivity index (χ0) is 24.3. The second-order valence-corrected chi connectivity index (χ2v) is 9.33. The Morgan fingerprint density at radius 2 is 1.17 bits per heavy atom. The Labute approximate surface area is 208 Å². The number of nitrogens with zero attached hydrogens (tertiary/aromatic N) is 1. The smallest absolute Gasteiger partial charge is 0.257 e. The van der Waals surface area contributed by atoms with Gasteiger partial charge in [0.2, 0.25) is 5.91 Å². The van der Waals surface area contributed by atoms with E-state index in [0.717, 1.165) is 38.8 Å². The number of hydrogen-bond acceptors (Lipinski definition) is 2. The normalized spacial score (nSPS) is 19.7. The van der Waals surface area contributed by atoms with Gasteiger partial charge in [-0.05, 0) is 28.6 Å². The third-order valence-electron chi connectivity index (χ3n) is 7.72. The summed E-state index contributed by atoms with van der Waals surface area (Å²) in [5, 5.41) is 5.07. The molecule has 2 aliphatic rings. The summed E-state index contributed by atoms with van der Waals surface area (Å²) in [5.41, 5.74) is 1.32. The summed E-state index contributed by atoms with van der Waals surface area (Å²) in [5.74, 6) is -0.327. The summed E-state index contributed by atoms with van der Waals surface area (Å²) >= 11 is 0. The molecule has 1 fully saturated rings. The van der Waals surface area contributed by atoms with Crippen LogP contribution in [0.2, 0.25) is 0 Å². The standard InChI is InChI=1S/C32H22N2O2/c35-29-32(26-19-9-10-20-27(26)33-29)31(23-14-3-1-4-15-23,24-16-5-2-6-17-24)30(36)34(32)28-21-11-13-22-12-7-8-18-25(22)28/h1-21H,(H,33,35). The fourth-order valence-corrected chi connectivity index (χ4v) is 6.33. The average molecular weight is 467 g/mol. The molecule has 172 valence electrons. The maximum absolute atomic E-state index is 14.8. The van der Waals surface area contributed by atoms with Crippen LogP contribution in [-0.2, 0) is 20.5 Å². The van der Waals surface area contributed by atoms with E-state index in [2.05, 4.69) is 5.32 Å². The molecule has 1 N–H and O–H groups in total. The fraction of sp³-hybridized carbons (Fsp3) is 0.0625. The van der Waals surface area contributed by atoms with Crippen LogP contribution in [0.4, 0.5) is 11.4 Å². The maximum atomic E-state index is 14.8. The molecular formula is C32H22N2O2. The lowest BCUT2D eigenvalue weighted by Crippen LogP contribution is -2.81. The van der Waals surface area contributed by atoms with Gasteiger partial charge in [-0.1, -0.05) is 115 Å². The molecule has 0 aromatic heterocycles. The van der Waals surface area contributed by atoms with Crippen LogP contribution in [0.15, 0.2) is 127 Å². The van der Waals surface area contributed by atoms with Gasteiger partial charge in [0.05, 0.1) is 5.69 Å². The first-order chi connectivity index (χ1) is 17.7. The van der Waals surface area contributed by atoms with Gasteiger partial charge in [-0.15, -0.1) is 0 Å². The Morgan fingerprint density at radius 1 is 0.583 bits per heavy atom. The molecule has 2 heterocycles. The molecule has 1 spiro atoms. The molecule has 0 saturated carbocycles. The Morgan fingerprint density at radius 3 is 1.89 bits per heavy atom. The van der Waals surface area contributed by atoms with Gasteiger partial charge in [0.15, 0.2) is 5.54 Å². The van der Waals surface area contributed by atoms with Crippen LogP contribution in [0.3, 0.4) is 0 Å². The molecule has 4 nitrogen and oxygen atoms in total. The lowest BCUT2D eigenvalue weighted by Gasteiger charge is -2.62. The lowest BCUT2D eigenvalue weighted by atomic mass is 9.51. The summed E-state index contributed by atoms with van der Waals surface area (Å²) in [4.78, 5) is 30.9. The summed E-state index contributed by atoms with van der Waals surface area (Å²) in [6.45, 7) is 0. The number of anilines is 2. The zero-order valence-corrected chi connectivity index (χ0v) is 19.4. The van der Waals surface area contributed by atoms with Crippen LogP contribution in [0, 0.1) is 0 Å². The second-order valence-electron chi connectivity index (χ2n) is 9.33. The third kappa shape index (κ3) is 2.33. The lowest BCUT2D eigenvalue weighted by molar-refractivity contribution is -0.145. The fourth-order valence-electron chi connectivity index (χ4n) is 6.33. The van der Waals surface area contributed by atoms with E-state index >= 15 is 0 Å². The molecule has 4 heteroatoms. The van der Waals surface area contributed by atoms with Crippen molar-refractivity contribution < 1.29 is 9.59 Å². The van der Waals surface area contributed by atoms with Crippen molar-refractivity contribution in [2.45, 2.75) is 11.0 Å². The van der Waals surface area contributed by atoms with Crippen molar-refractivity contribution in [3.8, 4) is 0 Å². The Hall–Kier alpha value is -4.70. The van der Waals surface area contributed by atoms with Crippen molar-refractivity contribution in [2.24, 2.45) is 0 Å². The van der Waals surface area contributed by atoms with E-state index in [1.807, 2.05) is 127 Å². The number of amides is 2. The molecule has 1 unspecified atom stereocenters. The molecule has 5 aromatic carbocycles. The van der Waals surface area contributed by atoms with Gasteiger partial charge in [0, 0.05) is 16.6 Å². The number of rotatable bonds is 3. The number of fused-ring (bicyclic) bond motifs is 3. The van der Waals surface area contributed by atoms with Gasteiger partial charge in [0.25, 0.3) is 5.91 Å². The molecule has 36 heavy (non-hydrogen) atoms. The van der Waals surface area contributed by atoms with E-state index in [-0.39, 0.29) is 11.8 Å². The largest absolute Gasteiger partial charge is 0.323 e. The topological polar surface area (TPSA) is 49.4 Å². The highest BCUT2D eigenvalue weighted by molar-refractivity contribution is 6.29. The number of carbonyl (C=O) groups is 2. The average Bonchev–Trinajstić information content (AvgIpc) is 3.24. The first-order valence-corrected chi connectivity index (χ1v) is 12.0. The SMILES string of the molecule is O=C1N(c2cccc3ccccc23)C2(C(=O)Nc3ccccc32)C1(c1ccccc1)c1ccccc1. The van der Waals surface area contributed by atoms with Gasteiger partial charge >= 0.3 is 0 Å². The minimum absolute atomic E-state index is 0.122. The quantitative estimate of drug-likeness (QED) is 0.331. The molecule has 0 bridgehead atoms. The Kier molecular flexibility index (Phi) is 4.24. The van der Waals surface area contributed by atoms with E-state index in [1.165, 1.54) is 0 Å². The molecule has 2 aliphatic heterocycles. The van der Waals surface area contributed by atoms with Gasteiger partial charge < -0.3 is 5.32 Å². The van der Waals surface area contributed by atoms with E-state index in [9.17, 15) is 9.59 Å². The van der Waals surface area contributed by atoms with Gasteiger partial charge in [-0.2, -0.15) is 0 Å². The molecular weight excluding hydrogens is 444 g/mol. The predicted octanol–water partition coefficient (Wildman–Crippen LogP) is 6.02. The van der Waals surface area contributed by atoms with Crippen LogP contribution in [-0.4, -0.2) is 11.8 Å². The highest BCUT2D eigenvalue weighted by atomic mass is 16.2. The highest BCUT2D eigenvalue weighted by Crippen LogP contribution is 2.65. The van der Waals surface area contributed by atoms with Gasteiger partial charge in [0.1, 0.15) is 5.41 Å². The van der Waals surface area contributed by atoms with Crippen LogP contribution in [0.1, 0.15) is 16.7 Å². The van der Waals surface area contributed by atoms with Crippen LogP contribution >= 0.6 is 0 Å². The van der Waals surface area contributed by atoms with Crippen molar-refractivity contribution >= 4 is 34.0 Å². The predicted molar refractivity (Wildman–Crippen MR) is 142 cm³/mol. The summed E-state index contributed by atoms with van der Waals surface area (Å²) in [6, 6.07) is 41.1. The Balaban J connectivity index is 1.63. The monoisotopic (exact) mass is 466 g/mol. The number of benzene rings is 5. The van der Waals surface area contributed by atoms with Crippen molar-refractivity contribution in [3.05, 3.63) is 144 Å². The third-order valence-corrected chi connectivity index (χ3v) is 7.72. The van der Waals surface area contributed by atoms with E-state index in [4.69, 9.17) is 0 Å².